The Morgan fingerprint density at radius 2 is 1.77 bits per heavy atom. The van der Waals surface area contributed by atoms with Crippen molar-refractivity contribution in [3.05, 3.63) is 65.7 Å². The minimum atomic E-state index is 0.888. The van der Waals surface area contributed by atoms with E-state index in [1.54, 1.807) is 7.11 Å². The lowest BCUT2D eigenvalue weighted by Crippen LogP contribution is -2.23. The summed E-state index contributed by atoms with van der Waals surface area (Å²) in [5, 5.41) is 3.49. The van der Waals surface area contributed by atoms with Crippen LogP contribution in [0.25, 0.3) is 0 Å². The summed E-state index contributed by atoms with van der Waals surface area (Å²) in [6, 6.07) is 18.8. The van der Waals surface area contributed by atoms with E-state index < -0.39 is 0 Å². The smallest absolute Gasteiger partial charge is 0.119 e. The first-order valence-electron chi connectivity index (χ1n) is 7.84. The van der Waals surface area contributed by atoms with Gasteiger partial charge in [-0.25, -0.2) is 0 Å². The summed E-state index contributed by atoms with van der Waals surface area (Å²) in [7, 11) is 3.88. The molecule has 0 fully saturated rings. The Balaban J connectivity index is 1.60. The van der Waals surface area contributed by atoms with E-state index >= 15 is 0 Å². The van der Waals surface area contributed by atoms with Crippen LogP contribution in [0.3, 0.4) is 0 Å². The molecule has 0 aliphatic carbocycles. The fraction of sp³-hybridized carbons (Fsp3) is 0.368. The highest BCUT2D eigenvalue weighted by Gasteiger charge is 2.00. The molecule has 3 nitrogen and oxygen atoms in total. The summed E-state index contributed by atoms with van der Waals surface area (Å²) in [4.78, 5) is 2.36. The normalized spacial score (nSPS) is 10.9. The quantitative estimate of drug-likeness (QED) is 0.719. The van der Waals surface area contributed by atoms with Gasteiger partial charge >= 0.3 is 0 Å². The van der Waals surface area contributed by atoms with Crippen molar-refractivity contribution in [1.82, 2.24) is 10.2 Å². The monoisotopic (exact) mass is 298 g/mol. The van der Waals surface area contributed by atoms with Crippen LogP contribution < -0.4 is 10.1 Å². The second-order valence-corrected chi connectivity index (χ2v) is 5.61. The third kappa shape index (κ3) is 5.88. The summed E-state index contributed by atoms with van der Waals surface area (Å²) < 4.78 is 5.24. The molecule has 0 unspecified atom stereocenters. The maximum absolute atomic E-state index is 5.24. The molecule has 0 saturated carbocycles. The summed E-state index contributed by atoms with van der Waals surface area (Å²) in [6.45, 7) is 4.02. The Labute approximate surface area is 133 Å². The molecule has 2 aromatic carbocycles. The Morgan fingerprint density at radius 1 is 1.00 bits per heavy atom. The van der Waals surface area contributed by atoms with E-state index in [4.69, 9.17) is 4.74 Å². The van der Waals surface area contributed by atoms with Crippen LogP contribution >= 0.6 is 0 Å². The Hall–Kier alpha value is -1.84. The van der Waals surface area contributed by atoms with Crippen LogP contribution in [-0.2, 0) is 13.1 Å². The zero-order valence-electron chi connectivity index (χ0n) is 13.6. The number of methoxy groups -OCH3 is 1. The Kier molecular flexibility index (Phi) is 6.94. The SMILES string of the molecule is COc1cccc(CNCCCN(C)Cc2ccccc2)c1. The molecule has 22 heavy (non-hydrogen) atoms. The molecule has 2 rings (SSSR count). The van der Waals surface area contributed by atoms with Crippen molar-refractivity contribution in [3.63, 3.8) is 0 Å². The number of rotatable bonds is 9. The highest BCUT2D eigenvalue weighted by atomic mass is 16.5. The van der Waals surface area contributed by atoms with Crippen LogP contribution in [-0.4, -0.2) is 32.1 Å². The molecule has 0 radical (unpaired) electrons. The molecule has 0 spiro atoms. The van der Waals surface area contributed by atoms with Crippen LogP contribution in [0.15, 0.2) is 54.6 Å². The van der Waals surface area contributed by atoms with Crippen LogP contribution in [0.1, 0.15) is 17.5 Å². The van der Waals surface area contributed by atoms with Gasteiger partial charge in [0.1, 0.15) is 5.75 Å². The Bertz CT molecular complexity index is 542. The van der Waals surface area contributed by atoms with Crippen LogP contribution in [0, 0.1) is 0 Å². The largest absolute Gasteiger partial charge is 0.497 e. The molecule has 3 heteroatoms. The van der Waals surface area contributed by atoms with Crippen molar-refractivity contribution in [3.8, 4) is 5.75 Å². The van der Waals surface area contributed by atoms with Gasteiger partial charge in [0, 0.05) is 13.1 Å². The van der Waals surface area contributed by atoms with Crippen molar-refractivity contribution in [2.75, 3.05) is 27.2 Å². The van der Waals surface area contributed by atoms with Gasteiger partial charge in [-0.05, 0) is 49.8 Å². The zero-order valence-corrected chi connectivity index (χ0v) is 13.6. The van der Waals surface area contributed by atoms with Gasteiger partial charge in [-0.3, -0.25) is 0 Å². The van der Waals surface area contributed by atoms with Gasteiger partial charge in [-0.15, -0.1) is 0 Å². The van der Waals surface area contributed by atoms with Gasteiger partial charge in [-0.1, -0.05) is 42.5 Å². The van der Waals surface area contributed by atoms with Crippen molar-refractivity contribution < 1.29 is 4.74 Å². The van der Waals surface area contributed by atoms with Gasteiger partial charge in [0.05, 0.1) is 7.11 Å². The fourth-order valence-corrected chi connectivity index (χ4v) is 2.46. The summed E-state index contributed by atoms with van der Waals surface area (Å²) in [6.07, 6.45) is 1.15. The third-order valence-electron chi connectivity index (χ3n) is 3.65. The zero-order chi connectivity index (χ0) is 15.6. The van der Waals surface area contributed by atoms with Crippen molar-refractivity contribution in [1.29, 1.82) is 0 Å². The summed E-state index contributed by atoms with van der Waals surface area (Å²) in [5.74, 6) is 0.918. The lowest BCUT2D eigenvalue weighted by Gasteiger charge is -2.16. The van der Waals surface area contributed by atoms with E-state index in [0.717, 1.165) is 38.3 Å². The van der Waals surface area contributed by atoms with Gasteiger partial charge in [-0.2, -0.15) is 0 Å². The van der Waals surface area contributed by atoms with Crippen LogP contribution in [0.2, 0.25) is 0 Å². The van der Waals surface area contributed by atoms with Crippen molar-refractivity contribution in [2.24, 2.45) is 0 Å². The standard InChI is InChI=1S/C19H26N2O/c1-21(16-17-8-4-3-5-9-17)13-7-12-20-15-18-10-6-11-19(14-18)22-2/h3-6,8-11,14,20H,7,12-13,15-16H2,1-2H3. The highest BCUT2D eigenvalue weighted by molar-refractivity contribution is 5.28. The molecule has 0 atom stereocenters. The number of benzene rings is 2. The first kappa shape index (κ1) is 16.5. The van der Waals surface area contributed by atoms with E-state index in [2.05, 4.69) is 59.7 Å². The van der Waals surface area contributed by atoms with Gasteiger partial charge in [0.2, 0.25) is 0 Å². The molecule has 0 amide bonds. The van der Waals surface area contributed by atoms with Gasteiger partial charge in [0.15, 0.2) is 0 Å². The van der Waals surface area contributed by atoms with Crippen LogP contribution in [0.4, 0.5) is 0 Å². The predicted molar refractivity (Wildman–Crippen MR) is 92.1 cm³/mol. The third-order valence-corrected chi connectivity index (χ3v) is 3.65. The first-order valence-corrected chi connectivity index (χ1v) is 7.84. The Morgan fingerprint density at radius 3 is 2.55 bits per heavy atom. The minimum Gasteiger partial charge on any atom is -0.497 e. The number of nitrogens with one attached hydrogen (secondary N) is 1. The molecule has 0 aliphatic heterocycles. The molecule has 2 aromatic rings. The molecular formula is C19H26N2O. The second kappa shape index (κ2) is 9.23. The minimum absolute atomic E-state index is 0.888. The molecule has 0 heterocycles. The molecule has 0 bridgehead atoms. The number of ether oxygens (including phenoxy) is 1. The lowest BCUT2D eigenvalue weighted by atomic mass is 10.2. The average molecular weight is 298 g/mol. The molecular weight excluding hydrogens is 272 g/mol. The first-order chi connectivity index (χ1) is 10.8. The molecule has 0 aliphatic rings. The lowest BCUT2D eigenvalue weighted by molar-refractivity contribution is 0.319. The van der Waals surface area contributed by atoms with E-state index in [1.807, 2.05) is 12.1 Å². The number of hydrogen-bond acceptors (Lipinski definition) is 3. The second-order valence-electron chi connectivity index (χ2n) is 5.61. The average Bonchev–Trinajstić information content (AvgIpc) is 2.55. The van der Waals surface area contributed by atoms with E-state index in [9.17, 15) is 0 Å². The van der Waals surface area contributed by atoms with Gasteiger partial charge < -0.3 is 15.0 Å². The maximum Gasteiger partial charge on any atom is 0.119 e. The van der Waals surface area contributed by atoms with E-state index in [-0.39, 0.29) is 0 Å². The van der Waals surface area contributed by atoms with Gasteiger partial charge in [0.25, 0.3) is 0 Å². The molecule has 118 valence electrons. The van der Waals surface area contributed by atoms with Crippen LogP contribution in [0.5, 0.6) is 5.75 Å². The fourth-order valence-electron chi connectivity index (χ4n) is 2.46. The summed E-state index contributed by atoms with van der Waals surface area (Å²) in [5.41, 5.74) is 2.63. The van der Waals surface area contributed by atoms with E-state index in [1.165, 1.54) is 11.1 Å². The topological polar surface area (TPSA) is 24.5 Å². The molecule has 1 N–H and O–H groups in total. The summed E-state index contributed by atoms with van der Waals surface area (Å²) >= 11 is 0. The predicted octanol–water partition coefficient (Wildman–Crippen LogP) is 3.31. The highest BCUT2D eigenvalue weighted by Crippen LogP contribution is 2.12. The molecule has 0 aromatic heterocycles. The number of nitrogens with zero attached hydrogens (tertiary/aromatic N) is 1. The molecule has 0 saturated heterocycles. The maximum atomic E-state index is 5.24. The van der Waals surface area contributed by atoms with Crippen molar-refractivity contribution >= 4 is 0 Å². The number of hydrogen-bond donors (Lipinski definition) is 1. The van der Waals surface area contributed by atoms with Crippen molar-refractivity contribution in [2.45, 2.75) is 19.5 Å². The van der Waals surface area contributed by atoms with E-state index in [0.29, 0.717) is 0 Å².